The van der Waals surface area contributed by atoms with Gasteiger partial charge in [0.15, 0.2) is 0 Å². The van der Waals surface area contributed by atoms with E-state index in [2.05, 4.69) is 38.2 Å². The van der Waals surface area contributed by atoms with Crippen LogP contribution in [-0.2, 0) is 4.74 Å². The van der Waals surface area contributed by atoms with E-state index in [1.54, 1.807) is 0 Å². The minimum absolute atomic E-state index is 0.259. The lowest BCUT2D eigenvalue weighted by atomic mass is 9.89. The summed E-state index contributed by atoms with van der Waals surface area (Å²) in [5.41, 5.74) is 4.51. The second-order valence-corrected chi connectivity index (χ2v) is 4.39. The van der Waals surface area contributed by atoms with Crippen molar-refractivity contribution in [1.29, 1.82) is 0 Å². The summed E-state index contributed by atoms with van der Waals surface area (Å²) in [5, 5.41) is 4.24. The van der Waals surface area contributed by atoms with Crippen molar-refractivity contribution in [3.8, 4) is 0 Å². The second-order valence-electron chi connectivity index (χ2n) is 4.39. The van der Waals surface area contributed by atoms with Gasteiger partial charge in [-0.3, -0.25) is 0 Å². The van der Waals surface area contributed by atoms with Crippen molar-refractivity contribution >= 4 is 5.71 Å². The first-order valence-electron chi connectivity index (χ1n) is 4.39. The predicted molar refractivity (Wildman–Crippen MR) is 50.3 cm³/mol. The molecule has 1 heterocycles. The molecule has 1 unspecified atom stereocenters. The van der Waals surface area contributed by atoms with Crippen LogP contribution in [-0.4, -0.2) is 25.0 Å². The Bertz CT molecular complexity index is 175. The van der Waals surface area contributed by atoms with E-state index in [1.807, 2.05) is 0 Å². The van der Waals surface area contributed by atoms with Gasteiger partial charge < -0.3 is 10.2 Å². The zero-order valence-corrected chi connectivity index (χ0v) is 8.35. The summed E-state index contributed by atoms with van der Waals surface area (Å²) >= 11 is 0. The van der Waals surface area contributed by atoms with Gasteiger partial charge in [0.05, 0.1) is 18.9 Å². The highest BCUT2D eigenvalue weighted by Crippen LogP contribution is 2.18. The SMILES string of the molecule is CC(NN=C1COC1)C(C)(C)C. The average molecular weight is 170 g/mol. The zero-order chi connectivity index (χ0) is 9.19. The van der Waals surface area contributed by atoms with Crippen molar-refractivity contribution in [3.05, 3.63) is 0 Å². The molecule has 0 aromatic heterocycles. The Morgan fingerprint density at radius 2 is 2.00 bits per heavy atom. The van der Waals surface area contributed by atoms with Crippen LogP contribution in [0.4, 0.5) is 0 Å². The highest BCUT2D eigenvalue weighted by molar-refractivity contribution is 5.90. The standard InChI is InChI=1S/C9H18N2O/c1-7(9(2,3)4)10-11-8-5-12-6-8/h7,10H,5-6H2,1-4H3. The van der Waals surface area contributed by atoms with Gasteiger partial charge in [0.25, 0.3) is 0 Å². The monoisotopic (exact) mass is 170 g/mol. The topological polar surface area (TPSA) is 33.6 Å². The number of hydrazone groups is 1. The van der Waals surface area contributed by atoms with Gasteiger partial charge >= 0.3 is 0 Å². The third-order valence-electron chi connectivity index (χ3n) is 2.25. The van der Waals surface area contributed by atoms with Gasteiger partial charge in [-0.2, -0.15) is 5.10 Å². The van der Waals surface area contributed by atoms with Crippen molar-refractivity contribution < 1.29 is 4.74 Å². The third-order valence-corrected chi connectivity index (χ3v) is 2.25. The molecule has 0 bridgehead atoms. The summed E-state index contributed by atoms with van der Waals surface area (Å²) in [7, 11) is 0. The Hall–Kier alpha value is -0.570. The van der Waals surface area contributed by atoms with Crippen LogP contribution in [0.15, 0.2) is 5.10 Å². The van der Waals surface area contributed by atoms with Crippen LogP contribution in [0.2, 0.25) is 0 Å². The fraction of sp³-hybridized carbons (Fsp3) is 0.889. The van der Waals surface area contributed by atoms with E-state index < -0.39 is 0 Å². The minimum Gasteiger partial charge on any atom is -0.369 e. The Labute approximate surface area is 74.2 Å². The predicted octanol–water partition coefficient (Wildman–Crippen LogP) is 1.40. The van der Waals surface area contributed by atoms with E-state index in [9.17, 15) is 0 Å². The fourth-order valence-electron chi connectivity index (χ4n) is 0.640. The first-order chi connectivity index (χ1) is 5.50. The molecule has 1 saturated heterocycles. The Kier molecular flexibility index (Phi) is 2.73. The maximum atomic E-state index is 4.98. The first-order valence-corrected chi connectivity index (χ1v) is 4.39. The number of nitrogens with zero attached hydrogens (tertiary/aromatic N) is 1. The molecular weight excluding hydrogens is 152 g/mol. The molecule has 0 spiro atoms. The molecule has 1 aliphatic heterocycles. The maximum Gasteiger partial charge on any atom is 0.0895 e. The summed E-state index contributed by atoms with van der Waals surface area (Å²) in [6.45, 7) is 10.1. The summed E-state index contributed by atoms with van der Waals surface area (Å²) in [6.07, 6.45) is 0. The highest BCUT2D eigenvalue weighted by atomic mass is 16.5. The smallest absolute Gasteiger partial charge is 0.0895 e. The van der Waals surface area contributed by atoms with E-state index >= 15 is 0 Å². The molecule has 1 aliphatic rings. The molecule has 0 radical (unpaired) electrons. The Morgan fingerprint density at radius 1 is 1.42 bits per heavy atom. The van der Waals surface area contributed by atoms with Crippen LogP contribution in [0.5, 0.6) is 0 Å². The van der Waals surface area contributed by atoms with E-state index in [1.165, 1.54) is 0 Å². The van der Waals surface area contributed by atoms with Crippen LogP contribution in [0.3, 0.4) is 0 Å². The van der Waals surface area contributed by atoms with Crippen LogP contribution in [0.1, 0.15) is 27.7 Å². The zero-order valence-electron chi connectivity index (χ0n) is 8.35. The molecule has 1 fully saturated rings. The molecule has 0 aromatic carbocycles. The van der Waals surface area contributed by atoms with Crippen LogP contribution < -0.4 is 5.43 Å². The summed E-state index contributed by atoms with van der Waals surface area (Å²) in [4.78, 5) is 0. The van der Waals surface area contributed by atoms with Crippen molar-refractivity contribution in [2.45, 2.75) is 33.7 Å². The number of rotatable bonds is 2. The summed E-state index contributed by atoms with van der Waals surface area (Å²) in [5.74, 6) is 0. The lowest BCUT2D eigenvalue weighted by Crippen LogP contribution is -2.38. The van der Waals surface area contributed by atoms with Gasteiger partial charge in [-0.25, -0.2) is 0 Å². The van der Waals surface area contributed by atoms with Crippen LogP contribution in [0, 0.1) is 5.41 Å². The van der Waals surface area contributed by atoms with Crippen LogP contribution in [0.25, 0.3) is 0 Å². The molecular formula is C9H18N2O. The molecule has 70 valence electrons. The fourth-order valence-corrected chi connectivity index (χ4v) is 0.640. The molecule has 0 saturated carbocycles. The maximum absolute atomic E-state index is 4.98. The van der Waals surface area contributed by atoms with E-state index in [4.69, 9.17) is 4.74 Å². The van der Waals surface area contributed by atoms with Gasteiger partial charge in [-0.15, -0.1) is 0 Å². The number of hydrogen-bond acceptors (Lipinski definition) is 3. The Morgan fingerprint density at radius 3 is 2.33 bits per heavy atom. The molecule has 1 rings (SSSR count). The van der Waals surface area contributed by atoms with Crippen LogP contribution >= 0.6 is 0 Å². The van der Waals surface area contributed by atoms with Gasteiger partial charge in [-0.05, 0) is 12.3 Å². The molecule has 0 amide bonds. The van der Waals surface area contributed by atoms with Crippen molar-refractivity contribution in [3.63, 3.8) is 0 Å². The minimum atomic E-state index is 0.259. The van der Waals surface area contributed by atoms with Crippen molar-refractivity contribution in [2.75, 3.05) is 13.2 Å². The first kappa shape index (κ1) is 9.52. The quantitative estimate of drug-likeness (QED) is 0.635. The van der Waals surface area contributed by atoms with E-state index in [-0.39, 0.29) is 5.41 Å². The average Bonchev–Trinajstić information content (AvgIpc) is 1.81. The highest BCUT2D eigenvalue weighted by Gasteiger charge is 2.20. The molecule has 0 aliphatic carbocycles. The molecule has 1 atom stereocenters. The largest absolute Gasteiger partial charge is 0.369 e. The molecule has 12 heavy (non-hydrogen) atoms. The number of hydrogen-bond donors (Lipinski definition) is 1. The van der Waals surface area contributed by atoms with Gasteiger partial charge in [0.2, 0.25) is 0 Å². The lowest BCUT2D eigenvalue weighted by molar-refractivity contribution is 0.156. The number of nitrogens with one attached hydrogen (secondary N) is 1. The third kappa shape index (κ3) is 2.48. The van der Waals surface area contributed by atoms with E-state index in [0.717, 1.165) is 5.71 Å². The lowest BCUT2D eigenvalue weighted by Gasteiger charge is -2.27. The van der Waals surface area contributed by atoms with Gasteiger partial charge in [0, 0.05) is 6.04 Å². The van der Waals surface area contributed by atoms with Gasteiger partial charge in [0.1, 0.15) is 0 Å². The Balaban J connectivity index is 2.31. The molecule has 3 heteroatoms. The second kappa shape index (κ2) is 3.44. The molecule has 0 aromatic rings. The van der Waals surface area contributed by atoms with E-state index in [0.29, 0.717) is 19.3 Å². The number of ether oxygens (including phenoxy) is 1. The van der Waals surface area contributed by atoms with Crippen molar-refractivity contribution in [2.24, 2.45) is 10.5 Å². The summed E-state index contributed by atoms with van der Waals surface area (Å²) in [6, 6.07) is 0.394. The molecule has 3 nitrogen and oxygen atoms in total. The molecule has 1 N–H and O–H groups in total. The van der Waals surface area contributed by atoms with Crippen molar-refractivity contribution in [1.82, 2.24) is 5.43 Å². The normalized spacial score (nSPS) is 19.8. The van der Waals surface area contributed by atoms with Gasteiger partial charge in [-0.1, -0.05) is 20.8 Å². The summed E-state index contributed by atoms with van der Waals surface area (Å²) < 4.78 is 4.98.